The molecule has 0 aliphatic carbocycles. The number of hydrogen-bond donors (Lipinski definition) is 2. The third-order valence-corrected chi connectivity index (χ3v) is 4.27. The number of nitrogens with zero attached hydrogens (tertiary/aromatic N) is 1. The van der Waals surface area contributed by atoms with Crippen molar-refractivity contribution < 1.29 is 18.4 Å². The summed E-state index contributed by atoms with van der Waals surface area (Å²) in [5.74, 6) is -3.18. The number of rotatable bonds is 3. The van der Waals surface area contributed by atoms with Gasteiger partial charge in [-0.3, -0.25) is 10.1 Å². The highest BCUT2D eigenvalue weighted by Crippen LogP contribution is 2.28. The van der Waals surface area contributed by atoms with Crippen molar-refractivity contribution in [2.75, 3.05) is 23.3 Å². The standard InChI is InChI=1S/C19H19F2N3O2/c20-13-7-6-8-14(21)17(13)18(25)23-19(26)22-15-9-2-3-10-16(15)24-11-4-1-5-12-24/h2-3,6-10H,1,4-5,11-12H2,(H2,22,23,25,26). The quantitative estimate of drug-likeness (QED) is 0.873. The molecule has 0 unspecified atom stereocenters. The van der Waals surface area contributed by atoms with Gasteiger partial charge in [0.25, 0.3) is 5.91 Å². The average Bonchev–Trinajstić information content (AvgIpc) is 2.62. The molecule has 2 aromatic rings. The van der Waals surface area contributed by atoms with Crippen molar-refractivity contribution in [1.29, 1.82) is 0 Å². The molecule has 136 valence electrons. The molecule has 0 saturated carbocycles. The largest absolute Gasteiger partial charge is 0.370 e. The van der Waals surface area contributed by atoms with Crippen LogP contribution in [0.4, 0.5) is 25.0 Å². The molecule has 5 nitrogen and oxygen atoms in total. The second-order valence-corrected chi connectivity index (χ2v) is 6.07. The fourth-order valence-electron chi connectivity index (χ4n) is 3.02. The molecule has 0 radical (unpaired) electrons. The predicted molar refractivity (Wildman–Crippen MR) is 95.3 cm³/mol. The monoisotopic (exact) mass is 359 g/mol. The van der Waals surface area contributed by atoms with Crippen molar-refractivity contribution in [3.63, 3.8) is 0 Å². The Morgan fingerprint density at radius 1 is 0.885 bits per heavy atom. The third kappa shape index (κ3) is 3.99. The normalized spacial score (nSPS) is 14.0. The minimum atomic E-state index is -1.13. The number of hydrogen-bond acceptors (Lipinski definition) is 3. The molecular formula is C19H19F2N3O2. The summed E-state index contributed by atoms with van der Waals surface area (Å²) in [7, 11) is 0. The summed E-state index contributed by atoms with van der Waals surface area (Å²) in [6, 6.07) is 9.47. The summed E-state index contributed by atoms with van der Waals surface area (Å²) in [5, 5.41) is 4.56. The molecule has 0 bridgehead atoms. The van der Waals surface area contributed by atoms with Gasteiger partial charge in [-0.2, -0.15) is 0 Å². The molecule has 26 heavy (non-hydrogen) atoms. The predicted octanol–water partition coefficient (Wildman–Crippen LogP) is 3.92. The Hall–Kier alpha value is -2.96. The summed E-state index contributed by atoms with van der Waals surface area (Å²) in [6.07, 6.45) is 3.33. The lowest BCUT2D eigenvalue weighted by atomic mass is 10.1. The maximum atomic E-state index is 13.6. The number of urea groups is 1. The Kier molecular flexibility index (Phi) is 5.46. The number of nitrogens with one attached hydrogen (secondary N) is 2. The van der Waals surface area contributed by atoms with E-state index in [0.717, 1.165) is 49.8 Å². The molecule has 1 aliphatic rings. The second kappa shape index (κ2) is 7.95. The minimum absolute atomic E-state index is 0.536. The first-order chi connectivity index (χ1) is 12.6. The Morgan fingerprint density at radius 2 is 1.54 bits per heavy atom. The van der Waals surface area contributed by atoms with Gasteiger partial charge in [0.05, 0.1) is 11.4 Å². The van der Waals surface area contributed by atoms with Gasteiger partial charge in [0, 0.05) is 13.1 Å². The van der Waals surface area contributed by atoms with E-state index in [9.17, 15) is 18.4 Å². The number of carbonyl (C=O) groups excluding carboxylic acids is 2. The highest BCUT2D eigenvalue weighted by Gasteiger charge is 2.20. The van der Waals surface area contributed by atoms with Crippen molar-refractivity contribution in [2.45, 2.75) is 19.3 Å². The highest BCUT2D eigenvalue weighted by molar-refractivity contribution is 6.08. The first kappa shape index (κ1) is 17.8. The molecule has 2 aromatic carbocycles. The van der Waals surface area contributed by atoms with Crippen LogP contribution in [0.15, 0.2) is 42.5 Å². The maximum absolute atomic E-state index is 13.6. The van der Waals surface area contributed by atoms with Gasteiger partial charge in [-0.05, 0) is 43.5 Å². The number of piperidine rings is 1. The number of anilines is 2. The van der Waals surface area contributed by atoms with Crippen LogP contribution in [0.2, 0.25) is 0 Å². The second-order valence-electron chi connectivity index (χ2n) is 6.07. The van der Waals surface area contributed by atoms with Crippen molar-refractivity contribution >= 4 is 23.3 Å². The number of benzene rings is 2. The van der Waals surface area contributed by atoms with E-state index in [4.69, 9.17) is 0 Å². The van der Waals surface area contributed by atoms with E-state index >= 15 is 0 Å². The Bertz CT molecular complexity index is 800. The lowest BCUT2D eigenvalue weighted by Crippen LogP contribution is -2.36. The van der Waals surface area contributed by atoms with Gasteiger partial charge in [0.2, 0.25) is 0 Å². The Labute approximate surface area is 150 Å². The molecule has 1 aliphatic heterocycles. The van der Waals surface area contributed by atoms with Crippen LogP contribution in [-0.4, -0.2) is 25.0 Å². The van der Waals surface area contributed by atoms with Gasteiger partial charge < -0.3 is 10.2 Å². The number of amides is 3. The molecule has 3 amide bonds. The van der Waals surface area contributed by atoms with Gasteiger partial charge in [-0.15, -0.1) is 0 Å². The molecule has 1 heterocycles. The van der Waals surface area contributed by atoms with Gasteiger partial charge in [-0.1, -0.05) is 18.2 Å². The van der Waals surface area contributed by atoms with E-state index < -0.39 is 29.1 Å². The summed E-state index contributed by atoms with van der Waals surface area (Å²) in [5.41, 5.74) is 0.604. The van der Waals surface area contributed by atoms with Gasteiger partial charge in [0.15, 0.2) is 0 Å². The average molecular weight is 359 g/mol. The van der Waals surface area contributed by atoms with Crippen LogP contribution in [0.5, 0.6) is 0 Å². The van der Waals surface area contributed by atoms with Crippen LogP contribution in [-0.2, 0) is 0 Å². The van der Waals surface area contributed by atoms with Crippen molar-refractivity contribution in [2.24, 2.45) is 0 Å². The lowest BCUT2D eigenvalue weighted by Gasteiger charge is -2.30. The number of para-hydroxylation sites is 2. The molecule has 7 heteroatoms. The van der Waals surface area contributed by atoms with Crippen molar-refractivity contribution in [1.82, 2.24) is 5.32 Å². The van der Waals surface area contributed by atoms with Crippen LogP contribution < -0.4 is 15.5 Å². The van der Waals surface area contributed by atoms with Crippen molar-refractivity contribution in [3.05, 3.63) is 59.7 Å². The van der Waals surface area contributed by atoms with E-state index in [1.807, 2.05) is 17.4 Å². The zero-order valence-corrected chi connectivity index (χ0v) is 14.1. The summed E-state index contributed by atoms with van der Waals surface area (Å²) in [6.45, 7) is 1.78. The van der Waals surface area contributed by atoms with E-state index in [1.54, 1.807) is 12.1 Å². The molecule has 0 atom stereocenters. The number of imide groups is 1. The lowest BCUT2D eigenvalue weighted by molar-refractivity contribution is 0.0959. The van der Waals surface area contributed by atoms with Gasteiger partial charge >= 0.3 is 6.03 Å². The zero-order valence-electron chi connectivity index (χ0n) is 14.1. The highest BCUT2D eigenvalue weighted by atomic mass is 19.1. The van der Waals surface area contributed by atoms with E-state index in [2.05, 4.69) is 10.2 Å². The third-order valence-electron chi connectivity index (χ3n) is 4.27. The molecule has 0 aromatic heterocycles. The van der Waals surface area contributed by atoms with Gasteiger partial charge in [-0.25, -0.2) is 13.6 Å². The first-order valence-electron chi connectivity index (χ1n) is 8.46. The fraction of sp³-hybridized carbons (Fsp3) is 0.263. The maximum Gasteiger partial charge on any atom is 0.326 e. The molecule has 2 N–H and O–H groups in total. The SMILES string of the molecule is O=C(NC(=O)c1c(F)cccc1F)Nc1ccccc1N1CCCCC1. The Balaban J connectivity index is 1.71. The minimum Gasteiger partial charge on any atom is -0.370 e. The molecule has 0 spiro atoms. The smallest absolute Gasteiger partial charge is 0.326 e. The van der Waals surface area contributed by atoms with Crippen LogP contribution in [0.3, 0.4) is 0 Å². The molecule has 3 rings (SSSR count). The summed E-state index contributed by atoms with van der Waals surface area (Å²) < 4.78 is 27.3. The van der Waals surface area contributed by atoms with E-state index in [0.29, 0.717) is 5.69 Å². The topological polar surface area (TPSA) is 61.4 Å². The molecule has 1 saturated heterocycles. The fourth-order valence-corrected chi connectivity index (χ4v) is 3.02. The van der Waals surface area contributed by atoms with Crippen LogP contribution in [0.1, 0.15) is 29.6 Å². The van der Waals surface area contributed by atoms with Crippen LogP contribution >= 0.6 is 0 Å². The summed E-state index contributed by atoms with van der Waals surface area (Å²) in [4.78, 5) is 26.3. The number of halogens is 2. The summed E-state index contributed by atoms with van der Waals surface area (Å²) >= 11 is 0. The van der Waals surface area contributed by atoms with Gasteiger partial charge in [0.1, 0.15) is 17.2 Å². The van der Waals surface area contributed by atoms with E-state index in [-0.39, 0.29) is 0 Å². The molecular weight excluding hydrogens is 340 g/mol. The van der Waals surface area contributed by atoms with Crippen molar-refractivity contribution in [3.8, 4) is 0 Å². The zero-order chi connectivity index (χ0) is 18.5. The van der Waals surface area contributed by atoms with E-state index in [1.165, 1.54) is 6.42 Å². The van der Waals surface area contributed by atoms with Crippen LogP contribution in [0, 0.1) is 11.6 Å². The number of carbonyl (C=O) groups is 2. The Morgan fingerprint density at radius 3 is 2.23 bits per heavy atom. The molecule has 1 fully saturated rings. The first-order valence-corrected chi connectivity index (χ1v) is 8.46. The van der Waals surface area contributed by atoms with Crippen LogP contribution in [0.25, 0.3) is 0 Å².